The molecule has 0 unspecified atom stereocenters. The number of rotatable bonds is 6. The highest BCUT2D eigenvalue weighted by atomic mass is 16.5. The molecule has 0 bridgehead atoms. The zero-order chi connectivity index (χ0) is 18.0. The minimum Gasteiger partial charge on any atom is -0.454 e. The molecule has 2 amide bonds. The molecule has 6 heteroatoms. The van der Waals surface area contributed by atoms with Gasteiger partial charge in [-0.25, -0.2) is 0 Å². The molecule has 0 aromatic carbocycles. The fourth-order valence-electron chi connectivity index (χ4n) is 4.51. The molecule has 2 fully saturated rings. The predicted octanol–water partition coefficient (Wildman–Crippen LogP) is 2.73. The van der Waals surface area contributed by atoms with E-state index in [0.717, 1.165) is 25.9 Å². The van der Waals surface area contributed by atoms with Gasteiger partial charge in [-0.1, -0.05) is 12.8 Å². The normalized spacial score (nSPS) is 24.1. The molecule has 1 aromatic heterocycles. The highest BCUT2D eigenvalue weighted by Crippen LogP contribution is 2.56. The molecule has 2 atom stereocenters. The van der Waals surface area contributed by atoms with Gasteiger partial charge in [0.05, 0.1) is 12.6 Å². The lowest BCUT2D eigenvalue weighted by Gasteiger charge is -2.56. The second kappa shape index (κ2) is 7.20. The van der Waals surface area contributed by atoms with Crippen LogP contribution in [0.3, 0.4) is 0 Å². The molecule has 25 heavy (non-hydrogen) atoms. The Balaban J connectivity index is 1.67. The second-order valence-electron chi connectivity index (χ2n) is 7.23. The van der Waals surface area contributed by atoms with E-state index in [1.807, 2.05) is 18.9 Å². The van der Waals surface area contributed by atoms with Crippen LogP contribution in [-0.2, 0) is 16.1 Å². The number of nitrogens with one attached hydrogen (secondary N) is 1. The van der Waals surface area contributed by atoms with E-state index in [1.54, 1.807) is 12.1 Å². The summed E-state index contributed by atoms with van der Waals surface area (Å²) in [4.78, 5) is 25.7. The number of hydrogen-bond donors (Lipinski definition) is 1. The molecule has 6 nitrogen and oxygen atoms in total. The fraction of sp³-hybridized carbons (Fsp3) is 0.684. The minimum absolute atomic E-state index is 0.0969. The first-order chi connectivity index (χ1) is 12.0. The topological polar surface area (TPSA) is 71.8 Å². The number of hydrogen-bond acceptors (Lipinski definition) is 4. The van der Waals surface area contributed by atoms with Crippen molar-refractivity contribution in [2.75, 3.05) is 13.7 Å². The van der Waals surface area contributed by atoms with Gasteiger partial charge in [-0.2, -0.15) is 0 Å². The summed E-state index contributed by atoms with van der Waals surface area (Å²) in [6, 6.07) is 3.64. The molecular formula is C19H28N2O4. The van der Waals surface area contributed by atoms with Gasteiger partial charge in [0.1, 0.15) is 5.76 Å². The largest absolute Gasteiger partial charge is 0.454 e. The van der Waals surface area contributed by atoms with Crippen molar-refractivity contribution in [3.8, 4) is 0 Å². The van der Waals surface area contributed by atoms with Crippen LogP contribution >= 0.6 is 0 Å². The average Bonchev–Trinajstić information content (AvgIpc) is 3.25. The van der Waals surface area contributed by atoms with Gasteiger partial charge in [-0.15, -0.1) is 0 Å². The first-order valence-electron chi connectivity index (χ1n) is 9.20. The molecule has 1 N–H and O–H groups in total. The minimum atomic E-state index is -0.124. The van der Waals surface area contributed by atoms with Crippen LogP contribution in [-0.4, -0.2) is 42.5 Å². The van der Waals surface area contributed by atoms with Gasteiger partial charge in [0, 0.05) is 32.0 Å². The van der Waals surface area contributed by atoms with Crippen LogP contribution in [0.5, 0.6) is 0 Å². The monoisotopic (exact) mass is 348 g/mol. The van der Waals surface area contributed by atoms with Gasteiger partial charge < -0.3 is 19.4 Å². The van der Waals surface area contributed by atoms with E-state index >= 15 is 0 Å². The van der Waals surface area contributed by atoms with Crippen molar-refractivity contribution < 1.29 is 18.7 Å². The van der Waals surface area contributed by atoms with Crippen molar-refractivity contribution in [3.63, 3.8) is 0 Å². The lowest BCUT2D eigenvalue weighted by molar-refractivity contribution is -0.152. The molecular weight excluding hydrogens is 320 g/mol. The summed E-state index contributed by atoms with van der Waals surface area (Å²) in [6.45, 7) is 4.51. The SMILES string of the molecule is CCO[C@@H]1C[C@@H](N(C)C(=O)c2ccc(CNC(C)=O)o2)C12CCCC2. The van der Waals surface area contributed by atoms with Crippen molar-refractivity contribution in [2.45, 2.75) is 64.6 Å². The molecule has 0 saturated heterocycles. The Morgan fingerprint density at radius 1 is 1.36 bits per heavy atom. The molecule has 2 aliphatic rings. The Labute approximate surface area is 148 Å². The van der Waals surface area contributed by atoms with E-state index < -0.39 is 0 Å². The summed E-state index contributed by atoms with van der Waals surface area (Å²) in [7, 11) is 1.87. The van der Waals surface area contributed by atoms with Gasteiger partial charge >= 0.3 is 0 Å². The highest BCUT2D eigenvalue weighted by Gasteiger charge is 2.59. The molecule has 1 aromatic rings. The average molecular weight is 348 g/mol. The predicted molar refractivity (Wildman–Crippen MR) is 93.0 cm³/mol. The van der Waals surface area contributed by atoms with E-state index in [0.29, 0.717) is 18.1 Å². The molecule has 138 valence electrons. The lowest BCUT2D eigenvalue weighted by atomic mass is 9.60. The van der Waals surface area contributed by atoms with Crippen LogP contribution in [0, 0.1) is 5.41 Å². The summed E-state index contributed by atoms with van der Waals surface area (Å²) < 4.78 is 11.6. The zero-order valence-electron chi connectivity index (χ0n) is 15.3. The third-order valence-electron chi connectivity index (χ3n) is 5.82. The number of carbonyl (C=O) groups excluding carboxylic acids is 2. The van der Waals surface area contributed by atoms with Crippen LogP contribution in [0.1, 0.15) is 62.3 Å². The Bertz CT molecular complexity index is 633. The third kappa shape index (κ3) is 3.32. The van der Waals surface area contributed by atoms with Crippen LogP contribution < -0.4 is 5.32 Å². The summed E-state index contributed by atoms with van der Waals surface area (Å²) in [5, 5.41) is 2.67. The quantitative estimate of drug-likeness (QED) is 0.858. The van der Waals surface area contributed by atoms with E-state index in [4.69, 9.17) is 9.15 Å². The maximum Gasteiger partial charge on any atom is 0.289 e. The Kier molecular flexibility index (Phi) is 5.18. The van der Waals surface area contributed by atoms with E-state index in [-0.39, 0.29) is 29.4 Å². The summed E-state index contributed by atoms with van der Waals surface area (Å²) >= 11 is 0. The van der Waals surface area contributed by atoms with Crippen LogP contribution in [0.2, 0.25) is 0 Å². The fourth-order valence-corrected chi connectivity index (χ4v) is 4.51. The number of ether oxygens (including phenoxy) is 1. The molecule has 1 heterocycles. The van der Waals surface area contributed by atoms with Gasteiger partial charge in [0.25, 0.3) is 5.91 Å². The number of furan rings is 1. The zero-order valence-corrected chi connectivity index (χ0v) is 15.3. The molecule has 3 rings (SSSR count). The van der Waals surface area contributed by atoms with Crippen molar-refractivity contribution in [1.29, 1.82) is 0 Å². The standard InChI is InChI=1S/C19H28N2O4/c1-4-24-17-11-16(19(17)9-5-6-10-19)21(3)18(23)15-8-7-14(25-15)12-20-13(2)22/h7-8,16-17H,4-6,9-12H2,1-3H3,(H,20,22)/t16-,17-/m1/s1. The van der Waals surface area contributed by atoms with Crippen molar-refractivity contribution in [3.05, 3.63) is 23.7 Å². The van der Waals surface area contributed by atoms with Crippen molar-refractivity contribution >= 4 is 11.8 Å². The van der Waals surface area contributed by atoms with Gasteiger partial charge in [-0.3, -0.25) is 9.59 Å². The molecule has 0 aliphatic heterocycles. The summed E-state index contributed by atoms with van der Waals surface area (Å²) in [5.74, 6) is 0.695. The van der Waals surface area contributed by atoms with Gasteiger partial charge in [-0.05, 0) is 38.3 Å². The summed E-state index contributed by atoms with van der Waals surface area (Å²) in [5.41, 5.74) is 0.117. The smallest absolute Gasteiger partial charge is 0.289 e. The van der Waals surface area contributed by atoms with Gasteiger partial charge in [0.2, 0.25) is 5.91 Å². The number of nitrogens with zero attached hydrogens (tertiary/aromatic N) is 1. The first kappa shape index (κ1) is 18.0. The second-order valence-corrected chi connectivity index (χ2v) is 7.23. The van der Waals surface area contributed by atoms with Crippen molar-refractivity contribution in [1.82, 2.24) is 10.2 Å². The first-order valence-corrected chi connectivity index (χ1v) is 9.20. The van der Waals surface area contributed by atoms with E-state index in [2.05, 4.69) is 5.32 Å². The van der Waals surface area contributed by atoms with E-state index in [9.17, 15) is 9.59 Å². The van der Waals surface area contributed by atoms with Crippen LogP contribution in [0.4, 0.5) is 0 Å². The van der Waals surface area contributed by atoms with Crippen molar-refractivity contribution in [2.24, 2.45) is 5.41 Å². The molecule has 0 radical (unpaired) electrons. The molecule has 1 spiro atoms. The number of carbonyl (C=O) groups is 2. The van der Waals surface area contributed by atoms with Crippen LogP contribution in [0.15, 0.2) is 16.5 Å². The van der Waals surface area contributed by atoms with E-state index in [1.165, 1.54) is 19.8 Å². The maximum absolute atomic E-state index is 12.8. The van der Waals surface area contributed by atoms with Crippen LogP contribution in [0.25, 0.3) is 0 Å². The highest BCUT2D eigenvalue weighted by molar-refractivity contribution is 5.91. The number of amides is 2. The maximum atomic E-state index is 12.8. The van der Waals surface area contributed by atoms with Gasteiger partial charge in [0.15, 0.2) is 5.76 Å². The molecule has 2 saturated carbocycles. The summed E-state index contributed by atoms with van der Waals surface area (Å²) in [6.07, 6.45) is 5.85. The Morgan fingerprint density at radius 2 is 2.08 bits per heavy atom. The lowest BCUT2D eigenvalue weighted by Crippen LogP contribution is -2.63. The third-order valence-corrected chi connectivity index (χ3v) is 5.82. The molecule has 2 aliphatic carbocycles. The Hall–Kier alpha value is -1.82. The Morgan fingerprint density at radius 3 is 2.72 bits per heavy atom.